The smallest absolute Gasteiger partial charge is 0.410 e. The van der Waals surface area contributed by atoms with E-state index in [4.69, 9.17) is 4.74 Å². The Balaban J connectivity index is 1.60. The molecule has 7 nitrogen and oxygen atoms in total. The summed E-state index contributed by atoms with van der Waals surface area (Å²) < 4.78 is 21.4. The maximum atomic E-state index is 13.7. The normalized spacial score (nSPS) is 16.2. The maximum absolute atomic E-state index is 13.7. The molecule has 0 bridgehead atoms. The van der Waals surface area contributed by atoms with Gasteiger partial charge in [-0.2, -0.15) is 0 Å². The van der Waals surface area contributed by atoms with Crippen LogP contribution >= 0.6 is 0 Å². The summed E-state index contributed by atoms with van der Waals surface area (Å²) in [7, 11) is 0. The third-order valence-electron chi connectivity index (χ3n) is 5.82. The third kappa shape index (κ3) is 5.99. The number of aromatic nitrogens is 3. The second-order valence-electron chi connectivity index (χ2n) is 9.61. The molecule has 2 heterocycles. The second kappa shape index (κ2) is 10.3. The number of ether oxygens (including phenoxy) is 1. The molecule has 1 amide bonds. The number of halogens is 1. The number of nitrogens with zero attached hydrogens (tertiary/aromatic N) is 5. The highest BCUT2D eigenvalue weighted by atomic mass is 19.1. The molecule has 8 heteroatoms. The lowest BCUT2D eigenvalue weighted by molar-refractivity contribution is 0.0256. The molecule has 1 aliphatic rings. The van der Waals surface area contributed by atoms with E-state index in [0.29, 0.717) is 26.2 Å². The van der Waals surface area contributed by atoms with E-state index >= 15 is 0 Å². The summed E-state index contributed by atoms with van der Waals surface area (Å²) >= 11 is 0. The van der Waals surface area contributed by atoms with Gasteiger partial charge in [-0.15, -0.1) is 10.2 Å². The molecule has 34 heavy (non-hydrogen) atoms. The number of hydrogen-bond donors (Lipinski definition) is 0. The fourth-order valence-corrected chi connectivity index (χ4v) is 4.25. The summed E-state index contributed by atoms with van der Waals surface area (Å²) in [6, 6.07) is 16.5. The van der Waals surface area contributed by atoms with E-state index in [9.17, 15) is 9.18 Å². The predicted molar refractivity (Wildman–Crippen MR) is 128 cm³/mol. The number of benzene rings is 2. The largest absolute Gasteiger partial charge is 0.444 e. The Bertz CT molecular complexity index is 1080. The van der Waals surface area contributed by atoms with Crippen LogP contribution in [0.5, 0.6) is 0 Å². The monoisotopic (exact) mass is 465 g/mol. The van der Waals surface area contributed by atoms with Gasteiger partial charge < -0.3 is 14.2 Å². The van der Waals surface area contributed by atoms with Crippen molar-refractivity contribution in [3.05, 3.63) is 83.7 Å². The van der Waals surface area contributed by atoms with Gasteiger partial charge in [0.2, 0.25) is 0 Å². The molecule has 0 aliphatic carbocycles. The molecule has 1 atom stereocenters. The van der Waals surface area contributed by atoms with Gasteiger partial charge in [0.05, 0.1) is 12.6 Å². The zero-order chi connectivity index (χ0) is 24.1. The minimum absolute atomic E-state index is 0.217. The van der Waals surface area contributed by atoms with Crippen LogP contribution in [-0.2, 0) is 11.3 Å². The summed E-state index contributed by atoms with van der Waals surface area (Å²) in [5.41, 5.74) is 1.55. The Morgan fingerprint density at radius 3 is 2.47 bits per heavy atom. The molecule has 4 rings (SSSR count). The van der Waals surface area contributed by atoms with E-state index in [1.54, 1.807) is 23.4 Å². The van der Waals surface area contributed by atoms with Gasteiger partial charge >= 0.3 is 6.09 Å². The van der Waals surface area contributed by atoms with Gasteiger partial charge in [-0.25, -0.2) is 9.18 Å². The van der Waals surface area contributed by atoms with Gasteiger partial charge in [0.1, 0.15) is 17.7 Å². The van der Waals surface area contributed by atoms with Gasteiger partial charge in [-0.3, -0.25) is 4.90 Å². The fourth-order valence-electron chi connectivity index (χ4n) is 4.25. The Morgan fingerprint density at radius 1 is 1.03 bits per heavy atom. The Morgan fingerprint density at radius 2 is 1.76 bits per heavy atom. The Kier molecular flexibility index (Phi) is 7.26. The molecular formula is C26H32FN5O2. The first kappa shape index (κ1) is 23.9. The van der Waals surface area contributed by atoms with E-state index in [1.165, 1.54) is 12.1 Å². The van der Waals surface area contributed by atoms with Gasteiger partial charge in [-0.1, -0.05) is 42.5 Å². The van der Waals surface area contributed by atoms with E-state index in [1.807, 2.05) is 43.5 Å². The molecule has 180 valence electrons. The first-order chi connectivity index (χ1) is 16.3. The number of carbonyl (C=O) groups is 1. The number of amides is 1. The minimum atomic E-state index is -0.534. The van der Waals surface area contributed by atoms with Crippen molar-refractivity contribution in [1.82, 2.24) is 24.6 Å². The number of rotatable bonds is 5. The second-order valence-corrected chi connectivity index (χ2v) is 9.61. The van der Waals surface area contributed by atoms with E-state index in [0.717, 1.165) is 29.9 Å². The van der Waals surface area contributed by atoms with Crippen molar-refractivity contribution in [2.45, 2.75) is 45.4 Å². The first-order valence-electron chi connectivity index (χ1n) is 11.7. The zero-order valence-corrected chi connectivity index (χ0v) is 20.0. The van der Waals surface area contributed by atoms with Crippen LogP contribution in [0.4, 0.5) is 9.18 Å². The highest BCUT2D eigenvalue weighted by molar-refractivity contribution is 5.68. The number of hydrogen-bond acceptors (Lipinski definition) is 5. The molecule has 0 spiro atoms. The van der Waals surface area contributed by atoms with Crippen LogP contribution < -0.4 is 0 Å². The molecule has 0 saturated carbocycles. The lowest BCUT2D eigenvalue weighted by atomic mass is 10.0. The molecular weight excluding hydrogens is 433 g/mol. The topological polar surface area (TPSA) is 63.5 Å². The lowest BCUT2D eigenvalue weighted by Crippen LogP contribution is -2.40. The van der Waals surface area contributed by atoms with E-state index in [-0.39, 0.29) is 18.0 Å². The SMILES string of the molecule is CC(C)(C)OC(=O)N1CCCN(C(c2ccc(F)cc2)c2nncn2Cc2ccccc2)CC1. The molecule has 1 aliphatic heterocycles. The minimum Gasteiger partial charge on any atom is -0.444 e. The van der Waals surface area contributed by atoms with E-state index < -0.39 is 5.60 Å². The van der Waals surface area contributed by atoms with Crippen LogP contribution in [0, 0.1) is 5.82 Å². The van der Waals surface area contributed by atoms with Crippen LogP contribution in [0.3, 0.4) is 0 Å². The van der Waals surface area contributed by atoms with Gasteiger partial charge in [-0.05, 0) is 50.5 Å². The fraction of sp³-hybridized carbons (Fsp3) is 0.423. The quantitative estimate of drug-likeness (QED) is 0.555. The number of carbonyl (C=O) groups excluding carboxylic acids is 1. The average molecular weight is 466 g/mol. The average Bonchev–Trinajstić information content (AvgIpc) is 3.09. The standard InChI is InChI=1S/C26H32FN5O2/c1-26(2,3)34-25(33)31-15-7-14-30(16-17-31)23(21-10-12-22(27)13-11-21)24-29-28-19-32(24)18-20-8-5-4-6-9-20/h4-6,8-13,19,23H,7,14-18H2,1-3H3. The van der Waals surface area contributed by atoms with Crippen molar-refractivity contribution in [1.29, 1.82) is 0 Å². The summed E-state index contributed by atoms with van der Waals surface area (Å²) in [4.78, 5) is 16.7. The molecule has 2 aromatic carbocycles. The van der Waals surface area contributed by atoms with Gasteiger partial charge in [0, 0.05) is 26.2 Å². The highest BCUT2D eigenvalue weighted by Gasteiger charge is 2.31. The molecule has 1 unspecified atom stereocenters. The molecule has 0 N–H and O–H groups in total. The summed E-state index contributed by atoms with van der Waals surface area (Å²) in [5.74, 6) is 0.515. The van der Waals surface area contributed by atoms with Crippen molar-refractivity contribution in [2.24, 2.45) is 0 Å². The summed E-state index contributed by atoms with van der Waals surface area (Å²) in [6.45, 7) is 8.83. The van der Waals surface area contributed by atoms with Gasteiger partial charge in [0.25, 0.3) is 0 Å². The Labute approximate surface area is 200 Å². The van der Waals surface area contributed by atoms with Crippen LogP contribution in [0.2, 0.25) is 0 Å². The molecule has 3 aromatic rings. The third-order valence-corrected chi connectivity index (χ3v) is 5.82. The van der Waals surface area contributed by atoms with Crippen molar-refractivity contribution in [3.63, 3.8) is 0 Å². The van der Waals surface area contributed by atoms with Crippen LogP contribution in [0.15, 0.2) is 60.9 Å². The molecule has 1 aromatic heterocycles. The van der Waals surface area contributed by atoms with Crippen LogP contribution in [0.1, 0.15) is 50.2 Å². The predicted octanol–water partition coefficient (Wildman–Crippen LogP) is 4.50. The Hall–Kier alpha value is -3.26. The van der Waals surface area contributed by atoms with Crippen molar-refractivity contribution in [3.8, 4) is 0 Å². The van der Waals surface area contributed by atoms with Gasteiger partial charge in [0.15, 0.2) is 5.82 Å². The lowest BCUT2D eigenvalue weighted by Gasteiger charge is -2.31. The van der Waals surface area contributed by atoms with Crippen molar-refractivity contribution in [2.75, 3.05) is 26.2 Å². The van der Waals surface area contributed by atoms with Crippen molar-refractivity contribution < 1.29 is 13.9 Å². The molecule has 1 saturated heterocycles. The zero-order valence-electron chi connectivity index (χ0n) is 20.0. The van der Waals surface area contributed by atoms with E-state index in [2.05, 4.69) is 27.2 Å². The molecule has 0 radical (unpaired) electrons. The highest BCUT2D eigenvalue weighted by Crippen LogP contribution is 2.29. The van der Waals surface area contributed by atoms with Crippen LogP contribution in [0.25, 0.3) is 0 Å². The summed E-state index contributed by atoms with van der Waals surface area (Å²) in [5, 5.41) is 8.70. The van der Waals surface area contributed by atoms with Crippen LogP contribution in [-0.4, -0.2) is 62.4 Å². The maximum Gasteiger partial charge on any atom is 0.410 e. The van der Waals surface area contributed by atoms with Crippen molar-refractivity contribution >= 4 is 6.09 Å². The first-order valence-corrected chi connectivity index (χ1v) is 11.7. The summed E-state index contributed by atoms with van der Waals surface area (Å²) in [6.07, 6.45) is 2.24. The molecule has 1 fully saturated rings.